The minimum atomic E-state index is 0.111. The van der Waals surface area contributed by atoms with Crippen molar-refractivity contribution in [2.75, 3.05) is 13.1 Å². The molecule has 0 aromatic heterocycles. The zero-order valence-electron chi connectivity index (χ0n) is 12.9. The van der Waals surface area contributed by atoms with Gasteiger partial charge in [-0.3, -0.25) is 0 Å². The van der Waals surface area contributed by atoms with E-state index in [2.05, 4.69) is 58.1 Å². The number of benzene rings is 1. The van der Waals surface area contributed by atoms with Crippen LogP contribution in [0.25, 0.3) is 0 Å². The molecule has 104 valence electrons. The lowest BCUT2D eigenvalue weighted by atomic mass is 9.96. The molecule has 1 unspecified atom stereocenters. The molecule has 2 heteroatoms. The number of aryl methyl sites for hydroxylation is 3. The van der Waals surface area contributed by atoms with Crippen LogP contribution in [0.2, 0.25) is 0 Å². The molecule has 1 aromatic carbocycles. The summed E-state index contributed by atoms with van der Waals surface area (Å²) in [4.78, 5) is 0. The van der Waals surface area contributed by atoms with Crippen LogP contribution in [0.1, 0.15) is 36.1 Å². The Kier molecular flexibility index (Phi) is 6.05. The fraction of sp³-hybridized carbons (Fsp3) is 0.588. The van der Waals surface area contributed by atoms with Crippen LogP contribution in [0.3, 0.4) is 0 Å². The second-order valence-electron chi connectivity index (χ2n) is 5.81. The number of hydrogen-bond acceptors (Lipinski definition) is 2. The first kappa shape index (κ1) is 15.7. The first-order chi connectivity index (χ1) is 8.95. The van der Waals surface area contributed by atoms with Crippen LogP contribution in [-0.4, -0.2) is 13.1 Å². The van der Waals surface area contributed by atoms with Crippen molar-refractivity contribution in [2.24, 2.45) is 11.8 Å². The Bertz CT molecular complexity index is 432. The molecule has 1 atom stereocenters. The van der Waals surface area contributed by atoms with Crippen LogP contribution >= 0.6 is 0 Å². The highest BCUT2D eigenvalue weighted by molar-refractivity contribution is 5.37. The molecule has 0 aliphatic carbocycles. The Labute approximate surface area is 117 Å². The van der Waals surface area contributed by atoms with Gasteiger partial charge in [0, 0.05) is 6.54 Å². The summed E-state index contributed by atoms with van der Waals surface area (Å²) < 4.78 is 0. The van der Waals surface area contributed by atoms with Gasteiger partial charge in [-0.1, -0.05) is 31.5 Å². The summed E-state index contributed by atoms with van der Waals surface area (Å²) in [5, 5.41) is 12.5. The monoisotopic (exact) mass is 258 g/mol. The number of nitrogens with zero attached hydrogens (tertiary/aromatic N) is 1. The van der Waals surface area contributed by atoms with Gasteiger partial charge in [0.1, 0.15) is 0 Å². The molecule has 0 spiro atoms. The van der Waals surface area contributed by atoms with Crippen LogP contribution < -0.4 is 5.32 Å². The lowest BCUT2D eigenvalue weighted by Gasteiger charge is -2.15. The summed E-state index contributed by atoms with van der Waals surface area (Å²) in [7, 11) is 0. The second kappa shape index (κ2) is 7.31. The molecule has 0 aliphatic heterocycles. The summed E-state index contributed by atoms with van der Waals surface area (Å²) in [5.74, 6) is 0.528. The molecule has 1 N–H and O–H groups in total. The van der Waals surface area contributed by atoms with Crippen molar-refractivity contribution < 1.29 is 0 Å². The van der Waals surface area contributed by atoms with Crippen molar-refractivity contribution >= 4 is 0 Å². The zero-order valence-corrected chi connectivity index (χ0v) is 12.9. The van der Waals surface area contributed by atoms with Gasteiger partial charge >= 0.3 is 0 Å². The third-order valence-electron chi connectivity index (χ3n) is 3.73. The van der Waals surface area contributed by atoms with Gasteiger partial charge in [-0.05, 0) is 56.3 Å². The van der Waals surface area contributed by atoms with Crippen molar-refractivity contribution in [1.29, 1.82) is 5.26 Å². The second-order valence-corrected chi connectivity index (χ2v) is 5.81. The van der Waals surface area contributed by atoms with Crippen LogP contribution in [-0.2, 0) is 6.42 Å². The standard InChI is InChI=1S/C17H26N2/c1-12(2)16(10-18)11-19-7-6-17-14(4)8-13(3)9-15(17)5/h8-9,12,16,19H,6-7,11H2,1-5H3. The van der Waals surface area contributed by atoms with E-state index >= 15 is 0 Å². The Morgan fingerprint density at radius 1 is 1.16 bits per heavy atom. The molecule has 1 rings (SSSR count). The van der Waals surface area contributed by atoms with Crippen LogP contribution in [0.5, 0.6) is 0 Å². The molecule has 0 amide bonds. The largest absolute Gasteiger partial charge is 0.315 e. The highest BCUT2D eigenvalue weighted by atomic mass is 14.9. The van der Waals surface area contributed by atoms with E-state index in [1.807, 2.05) is 0 Å². The molecule has 0 aliphatic rings. The SMILES string of the molecule is Cc1cc(C)c(CCNCC(C#N)C(C)C)c(C)c1. The average molecular weight is 258 g/mol. The molecule has 0 radical (unpaired) electrons. The summed E-state index contributed by atoms with van der Waals surface area (Å²) in [5.41, 5.74) is 5.52. The summed E-state index contributed by atoms with van der Waals surface area (Å²) in [6.07, 6.45) is 1.04. The predicted octanol–water partition coefficient (Wildman–Crippen LogP) is 3.54. The molecular formula is C17H26N2. The van der Waals surface area contributed by atoms with Crippen molar-refractivity contribution in [2.45, 2.75) is 41.0 Å². The van der Waals surface area contributed by atoms with Crippen LogP contribution in [0, 0.1) is 43.9 Å². The van der Waals surface area contributed by atoms with Gasteiger partial charge in [-0.2, -0.15) is 5.26 Å². The van der Waals surface area contributed by atoms with Crippen molar-refractivity contribution in [3.8, 4) is 6.07 Å². The molecule has 0 bridgehead atoms. The zero-order chi connectivity index (χ0) is 14.4. The average Bonchev–Trinajstić information content (AvgIpc) is 2.31. The van der Waals surface area contributed by atoms with E-state index in [0.717, 1.165) is 19.5 Å². The van der Waals surface area contributed by atoms with Crippen molar-refractivity contribution in [3.63, 3.8) is 0 Å². The van der Waals surface area contributed by atoms with Gasteiger partial charge in [0.05, 0.1) is 12.0 Å². The maximum atomic E-state index is 9.04. The molecule has 1 aromatic rings. The Morgan fingerprint density at radius 3 is 2.21 bits per heavy atom. The van der Waals surface area contributed by atoms with E-state index in [4.69, 9.17) is 5.26 Å². The van der Waals surface area contributed by atoms with Gasteiger partial charge in [0.15, 0.2) is 0 Å². The van der Waals surface area contributed by atoms with E-state index in [1.54, 1.807) is 0 Å². The summed E-state index contributed by atoms with van der Waals surface area (Å²) in [6.45, 7) is 12.4. The molecule has 0 saturated heterocycles. The first-order valence-electron chi connectivity index (χ1n) is 7.12. The molecule has 2 nitrogen and oxygen atoms in total. The molecule has 0 heterocycles. The van der Waals surface area contributed by atoms with E-state index in [0.29, 0.717) is 5.92 Å². The summed E-state index contributed by atoms with van der Waals surface area (Å²) >= 11 is 0. The van der Waals surface area contributed by atoms with E-state index in [-0.39, 0.29) is 5.92 Å². The lowest BCUT2D eigenvalue weighted by Crippen LogP contribution is -2.27. The molecular weight excluding hydrogens is 232 g/mol. The number of hydrogen-bond donors (Lipinski definition) is 1. The van der Waals surface area contributed by atoms with E-state index in [1.165, 1.54) is 22.3 Å². The van der Waals surface area contributed by atoms with Crippen LogP contribution in [0.15, 0.2) is 12.1 Å². The minimum absolute atomic E-state index is 0.111. The maximum Gasteiger partial charge on any atom is 0.0671 e. The molecule has 0 fully saturated rings. The van der Waals surface area contributed by atoms with Crippen LogP contribution in [0.4, 0.5) is 0 Å². The fourth-order valence-electron chi connectivity index (χ4n) is 2.51. The third-order valence-corrected chi connectivity index (χ3v) is 3.73. The predicted molar refractivity (Wildman–Crippen MR) is 81.2 cm³/mol. The first-order valence-corrected chi connectivity index (χ1v) is 7.12. The fourth-order valence-corrected chi connectivity index (χ4v) is 2.51. The van der Waals surface area contributed by atoms with E-state index < -0.39 is 0 Å². The topological polar surface area (TPSA) is 35.8 Å². The normalized spacial score (nSPS) is 12.5. The number of rotatable bonds is 6. The van der Waals surface area contributed by atoms with Gasteiger partial charge < -0.3 is 5.32 Å². The Hall–Kier alpha value is -1.33. The maximum absolute atomic E-state index is 9.04. The lowest BCUT2D eigenvalue weighted by molar-refractivity contribution is 0.443. The van der Waals surface area contributed by atoms with Gasteiger partial charge in [0.25, 0.3) is 0 Å². The van der Waals surface area contributed by atoms with Crippen molar-refractivity contribution in [3.05, 3.63) is 34.4 Å². The van der Waals surface area contributed by atoms with Gasteiger partial charge in [0.2, 0.25) is 0 Å². The van der Waals surface area contributed by atoms with Gasteiger partial charge in [-0.25, -0.2) is 0 Å². The number of nitrogens with one attached hydrogen (secondary N) is 1. The summed E-state index contributed by atoms with van der Waals surface area (Å²) in [6, 6.07) is 6.86. The number of nitriles is 1. The van der Waals surface area contributed by atoms with Gasteiger partial charge in [-0.15, -0.1) is 0 Å². The highest BCUT2D eigenvalue weighted by Crippen LogP contribution is 2.16. The van der Waals surface area contributed by atoms with Crippen molar-refractivity contribution in [1.82, 2.24) is 5.32 Å². The highest BCUT2D eigenvalue weighted by Gasteiger charge is 2.11. The smallest absolute Gasteiger partial charge is 0.0671 e. The Morgan fingerprint density at radius 2 is 1.74 bits per heavy atom. The molecule has 19 heavy (non-hydrogen) atoms. The quantitative estimate of drug-likeness (QED) is 0.792. The van der Waals surface area contributed by atoms with E-state index in [9.17, 15) is 0 Å². The minimum Gasteiger partial charge on any atom is -0.315 e. The third kappa shape index (κ3) is 4.69. The molecule has 0 saturated carbocycles. The Balaban J connectivity index is 2.49.